The topological polar surface area (TPSA) is 32.3 Å². The van der Waals surface area contributed by atoms with Crippen LogP contribution in [-0.4, -0.2) is 29.9 Å². The first kappa shape index (κ1) is 14.9. The van der Waals surface area contributed by atoms with Crippen LogP contribution in [0, 0.1) is 5.92 Å². The van der Waals surface area contributed by atoms with Crippen molar-refractivity contribution in [3.8, 4) is 0 Å². The molecular weight excluding hydrogens is 284 g/mol. The zero-order chi connectivity index (χ0) is 14.8. The Hall–Kier alpha value is -1.06. The van der Waals surface area contributed by atoms with Crippen molar-refractivity contribution in [1.82, 2.24) is 10.2 Å². The van der Waals surface area contributed by atoms with E-state index in [0.29, 0.717) is 17.9 Å². The van der Waals surface area contributed by atoms with Gasteiger partial charge in [0.05, 0.1) is 0 Å². The molecule has 1 aliphatic carbocycles. The Morgan fingerprint density at radius 1 is 1.24 bits per heavy atom. The fourth-order valence-electron chi connectivity index (χ4n) is 3.12. The standard InChI is InChI=1S/C17H23ClN2O/c1-12(15-4-2-3-5-16(15)18)19-14-8-10-20(11-9-14)17(21)13-6-7-13/h2-5,12-14,19H,6-11H2,1H3. The molecule has 0 spiro atoms. The van der Waals surface area contributed by atoms with Crippen molar-refractivity contribution in [3.63, 3.8) is 0 Å². The molecule has 1 saturated carbocycles. The van der Waals surface area contributed by atoms with E-state index in [2.05, 4.69) is 23.2 Å². The molecule has 0 radical (unpaired) electrons. The van der Waals surface area contributed by atoms with Crippen LogP contribution < -0.4 is 5.32 Å². The number of amides is 1. The van der Waals surface area contributed by atoms with E-state index in [4.69, 9.17) is 11.6 Å². The van der Waals surface area contributed by atoms with E-state index in [1.54, 1.807) is 0 Å². The minimum absolute atomic E-state index is 0.245. The van der Waals surface area contributed by atoms with Crippen molar-refractivity contribution in [2.45, 2.75) is 44.7 Å². The zero-order valence-corrected chi connectivity index (χ0v) is 13.3. The molecule has 1 aromatic carbocycles. The van der Waals surface area contributed by atoms with Crippen LogP contribution in [0.25, 0.3) is 0 Å². The second-order valence-electron chi connectivity index (χ2n) is 6.28. The third kappa shape index (κ3) is 3.58. The summed E-state index contributed by atoms with van der Waals surface area (Å²) in [4.78, 5) is 14.1. The molecule has 1 aliphatic heterocycles. The van der Waals surface area contributed by atoms with Gasteiger partial charge in [0.25, 0.3) is 0 Å². The number of likely N-dealkylation sites (tertiary alicyclic amines) is 1. The minimum atomic E-state index is 0.245. The van der Waals surface area contributed by atoms with Gasteiger partial charge in [0.15, 0.2) is 0 Å². The predicted octanol–water partition coefficient (Wildman–Crippen LogP) is 3.39. The molecule has 3 rings (SSSR count). The first-order valence-electron chi connectivity index (χ1n) is 7.94. The number of hydrogen-bond acceptors (Lipinski definition) is 2. The van der Waals surface area contributed by atoms with Gasteiger partial charge < -0.3 is 10.2 Å². The number of rotatable bonds is 4. The SMILES string of the molecule is CC(NC1CCN(C(=O)C2CC2)CC1)c1ccccc1Cl. The Balaban J connectivity index is 1.51. The van der Waals surface area contributed by atoms with Crippen LogP contribution in [0.4, 0.5) is 0 Å². The summed E-state index contributed by atoms with van der Waals surface area (Å²) in [5.74, 6) is 0.726. The minimum Gasteiger partial charge on any atom is -0.342 e. The van der Waals surface area contributed by atoms with Crippen molar-refractivity contribution in [2.75, 3.05) is 13.1 Å². The lowest BCUT2D eigenvalue weighted by atomic mass is 10.0. The third-order valence-corrected chi connectivity index (χ3v) is 4.93. The average Bonchev–Trinajstić information content (AvgIpc) is 3.32. The van der Waals surface area contributed by atoms with Crippen LogP contribution in [-0.2, 0) is 4.79 Å². The molecule has 4 heteroatoms. The van der Waals surface area contributed by atoms with Gasteiger partial charge in [-0.05, 0) is 44.2 Å². The van der Waals surface area contributed by atoms with E-state index < -0.39 is 0 Å². The van der Waals surface area contributed by atoms with Crippen molar-refractivity contribution in [2.24, 2.45) is 5.92 Å². The van der Waals surface area contributed by atoms with Gasteiger partial charge in [-0.2, -0.15) is 0 Å². The van der Waals surface area contributed by atoms with Gasteiger partial charge in [-0.15, -0.1) is 0 Å². The Bertz CT molecular complexity index is 507. The predicted molar refractivity (Wildman–Crippen MR) is 85.3 cm³/mol. The van der Waals surface area contributed by atoms with Crippen molar-refractivity contribution >= 4 is 17.5 Å². The molecule has 114 valence electrons. The Morgan fingerprint density at radius 2 is 1.90 bits per heavy atom. The van der Waals surface area contributed by atoms with Crippen LogP contribution in [0.2, 0.25) is 5.02 Å². The fourth-order valence-corrected chi connectivity index (χ4v) is 3.42. The highest BCUT2D eigenvalue weighted by molar-refractivity contribution is 6.31. The molecule has 1 heterocycles. The van der Waals surface area contributed by atoms with Gasteiger partial charge in [-0.1, -0.05) is 29.8 Å². The summed E-state index contributed by atoms with van der Waals surface area (Å²) in [6.07, 6.45) is 4.27. The lowest BCUT2D eigenvalue weighted by Gasteiger charge is -2.34. The smallest absolute Gasteiger partial charge is 0.225 e. The maximum Gasteiger partial charge on any atom is 0.225 e. The Labute approximate surface area is 131 Å². The van der Waals surface area contributed by atoms with Gasteiger partial charge in [0.2, 0.25) is 5.91 Å². The van der Waals surface area contributed by atoms with Crippen LogP contribution in [0.1, 0.15) is 44.2 Å². The van der Waals surface area contributed by atoms with Gasteiger partial charge in [0.1, 0.15) is 0 Å². The van der Waals surface area contributed by atoms with E-state index >= 15 is 0 Å². The average molecular weight is 307 g/mol. The molecule has 1 atom stereocenters. The highest BCUT2D eigenvalue weighted by atomic mass is 35.5. The fraction of sp³-hybridized carbons (Fsp3) is 0.588. The highest BCUT2D eigenvalue weighted by Gasteiger charge is 2.35. The molecule has 0 aromatic heterocycles. The number of piperidine rings is 1. The van der Waals surface area contributed by atoms with Crippen LogP contribution in [0.5, 0.6) is 0 Å². The summed E-state index contributed by atoms with van der Waals surface area (Å²) in [7, 11) is 0. The summed E-state index contributed by atoms with van der Waals surface area (Å²) >= 11 is 6.25. The summed E-state index contributed by atoms with van der Waals surface area (Å²) in [6.45, 7) is 3.94. The molecule has 1 N–H and O–H groups in total. The van der Waals surface area contributed by atoms with Gasteiger partial charge >= 0.3 is 0 Å². The number of halogens is 1. The second kappa shape index (κ2) is 6.37. The van der Waals surface area contributed by atoms with E-state index in [0.717, 1.165) is 49.4 Å². The lowest BCUT2D eigenvalue weighted by Crippen LogP contribution is -2.46. The lowest BCUT2D eigenvalue weighted by molar-refractivity contribution is -0.133. The normalized spacial score (nSPS) is 21.3. The van der Waals surface area contributed by atoms with Crippen LogP contribution in [0.3, 0.4) is 0 Å². The Morgan fingerprint density at radius 3 is 2.52 bits per heavy atom. The van der Waals surface area contributed by atoms with E-state index in [1.807, 2.05) is 18.2 Å². The maximum atomic E-state index is 12.0. The van der Waals surface area contributed by atoms with Crippen molar-refractivity contribution in [3.05, 3.63) is 34.9 Å². The molecule has 0 bridgehead atoms. The highest BCUT2D eigenvalue weighted by Crippen LogP contribution is 2.32. The summed E-state index contributed by atoms with van der Waals surface area (Å²) in [5, 5.41) is 4.48. The molecule has 1 amide bonds. The number of hydrogen-bond donors (Lipinski definition) is 1. The molecule has 2 fully saturated rings. The summed E-state index contributed by atoms with van der Waals surface area (Å²) < 4.78 is 0. The molecule has 1 aromatic rings. The quantitative estimate of drug-likeness (QED) is 0.925. The number of carbonyl (C=O) groups excluding carboxylic acids is 1. The van der Waals surface area contributed by atoms with Crippen LogP contribution >= 0.6 is 11.6 Å². The zero-order valence-electron chi connectivity index (χ0n) is 12.5. The summed E-state index contributed by atoms with van der Waals surface area (Å²) in [6, 6.07) is 8.71. The largest absolute Gasteiger partial charge is 0.342 e. The van der Waals surface area contributed by atoms with E-state index in [-0.39, 0.29) is 6.04 Å². The molecule has 1 unspecified atom stereocenters. The number of nitrogens with zero attached hydrogens (tertiary/aromatic N) is 1. The first-order valence-corrected chi connectivity index (χ1v) is 8.32. The molecule has 3 nitrogen and oxygen atoms in total. The molecule has 1 saturated heterocycles. The van der Waals surface area contributed by atoms with Gasteiger partial charge in [-0.25, -0.2) is 0 Å². The third-order valence-electron chi connectivity index (χ3n) is 4.59. The van der Waals surface area contributed by atoms with Crippen LogP contribution in [0.15, 0.2) is 24.3 Å². The number of benzene rings is 1. The Kier molecular flexibility index (Phi) is 4.51. The van der Waals surface area contributed by atoms with E-state index in [9.17, 15) is 4.79 Å². The number of carbonyl (C=O) groups is 1. The van der Waals surface area contributed by atoms with E-state index in [1.165, 1.54) is 0 Å². The van der Waals surface area contributed by atoms with Gasteiger partial charge in [0, 0.05) is 36.1 Å². The number of nitrogens with one attached hydrogen (secondary N) is 1. The first-order chi connectivity index (χ1) is 10.1. The second-order valence-corrected chi connectivity index (χ2v) is 6.69. The monoisotopic (exact) mass is 306 g/mol. The maximum absolute atomic E-state index is 12.0. The summed E-state index contributed by atoms with van der Waals surface area (Å²) in [5.41, 5.74) is 1.15. The van der Waals surface area contributed by atoms with Crippen molar-refractivity contribution in [1.29, 1.82) is 0 Å². The molecular formula is C17H23ClN2O. The van der Waals surface area contributed by atoms with Gasteiger partial charge in [-0.3, -0.25) is 4.79 Å². The molecule has 2 aliphatic rings. The molecule has 21 heavy (non-hydrogen) atoms. The van der Waals surface area contributed by atoms with Crippen molar-refractivity contribution < 1.29 is 4.79 Å².